The zero-order valence-corrected chi connectivity index (χ0v) is 27.0. The third-order valence-corrected chi connectivity index (χ3v) is 8.33. The van der Waals surface area contributed by atoms with E-state index in [2.05, 4.69) is 10.0 Å². The first-order chi connectivity index (χ1) is 20.9. The number of rotatable bonds is 14. The lowest BCUT2D eigenvalue weighted by Crippen LogP contribution is -2.39. The Hall–Kier alpha value is -4.65. The first kappa shape index (κ1) is 34.8. The molecule has 3 N–H and O–H groups in total. The van der Waals surface area contributed by atoms with Crippen molar-refractivity contribution in [1.82, 2.24) is 0 Å². The van der Waals surface area contributed by atoms with Gasteiger partial charge >= 0.3 is 17.9 Å². The number of ether oxygens (including phenoxy) is 2. The van der Waals surface area contributed by atoms with Gasteiger partial charge in [0, 0.05) is 41.9 Å². The van der Waals surface area contributed by atoms with Gasteiger partial charge in [-0.05, 0) is 64.1 Å². The molecule has 0 aromatic heterocycles. The monoisotopic (exact) mass is 641 g/mol. The Labute approximate surface area is 262 Å². The molecule has 0 atom stereocenters. The highest BCUT2D eigenvalue weighted by atomic mass is 32.2. The van der Waals surface area contributed by atoms with E-state index < -0.39 is 44.7 Å². The van der Waals surface area contributed by atoms with Crippen molar-refractivity contribution >= 4 is 61.7 Å². The average molecular weight is 642 g/mol. The molecule has 0 bridgehead atoms. The van der Waals surface area contributed by atoms with Gasteiger partial charge in [0.2, 0.25) is 5.91 Å². The van der Waals surface area contributed by atoms with Gasteiger partial charge in [0.15, 0.2) is 0 Å². The Morgan fingerprint density at radius 1 is 0.778 bits per heavy atom. The number of carbonyl (C=O) groups excluding carboxylic acids is 3. The molecule has 0 saturated carbocycles. The summed E-state index contributed by atoms with van der Waals surface area (Å²) in [6.07, 6.45) is -0.697. The number of fused-ring (bicyclic) bond motifs is 1. The second-order valence-electron chi connectivity index (χ2n) is 12.1. The molecule has 0 unspecified atom stereocenters. The number of carbonyl (C=O) groups is 4. The molecule has 3 aromatic carbocycles. The number of carboxylic acids is 1. The van der Waals surface area contributed by atoms with Crippen LogP contribution in [0.3, 0.4) is 0 Å². The van der Waals surface area contributed by atoms with Crippen molar-refractivity contribution in [3.8, 4) is 0 Å². The standard InChI is InChI=1S/C32H39N3O9S/c1-31(2,19-44-30(40)32(3,4)20-43-28(38)18-17-27(36)37)29(39)33-21-13-15-22(16-14-21)34-45(41,42)26-12-8-9-23-24(26)10-7-11-25(23)35(5)6/h7-16,34H,17-20H2,1-6H3,(H,33,39)(H,36,37). The number of hydrogen-bond acceptors (Lipinski definition) is 9. The summed E-state index contributed by atoms with van der Waals surface area (Å²) in [6.45, 7) is 5.59. The molecule has 13 heteroatoms. The van der Waals surface area contributed by atoms with E-state index in [9.17, 15) is 27.6 Å². The van der Waals surface area contributed by atoms with Gasteiger partial charge in [0.25, 0.3) is 10.0 Å². The number of nitrogens with zero attached hydrogens (tertiary/aromatic N) is 1. The molecule has 0 spiro atoms. The maximum absolute atomic E-state index is 13.3. The molecule has 0 aliphatic rings. The lowest BCUT2D eigenvalue weighted by atomic mass is 9.92. The number of esters is 2. The summed E-state index contributed by atoms with van der Waals surface area (Å²) >= 11 is 0. The number of hydrogen-bond donors (Lipinski definition) is 3. The quantitative estimate of drug-likeness (QED) is 0.211. The van der Waals surface area contributed by atoms with Gasteiger partial charge in [-0.25, -0.2) is 8.42 Å². The number of nitrogens with one attached hydrogen (secondary N) is 2. The van der Waals surface area contributed by atoms with E-state index in [-0.39, 0.29) is 31.0 Å². The Bertz CT molecular complexity index is 1680. The number of benzene rings is 3. The van der Waals surface area contributed by atoms with Crippen LogP contribution >= 0.6 is 0 Å². The molecule has 242 valence electrons. The molecule has 45 heavy (non-hydrogen) atoms. The van der Waals surface area contributed by atoms with E-state index in [1.165, 1.54) is 26.0 Å². The normalized spacial score (nSPS) is 11.9. The van der Waals surface area contributed by atoms with Gasteiger partial charge in [0.1, 0.15) is 13.2 Å². The van der Waals surface area contributed by atoms with E-state index >= 15 is 0 Å². The van der Waals surface area contributed by atoms with Crippen LogP contribution in [0.15, 0.2) is 65.6 Å². The summed E-state index contributed by atoms with van der Waals surface area (Å²) in [4.78, 5) is 50.0. The van der Waals surface area contributed by atoms with Crippen molar-refractivity contribution in [3.05, 3.63) is 60.7 Å². The fourth-order valence-corrected chi connectivity index (χ4v) is 5.41. The van der Waals surface area contributed by atoms with Crippen LogP contribution in [-0.2, 0) is 38.7 Å². The number of aliphatic carboxylic acids is 1. The number of anilines is 3. The first-order valence-electron chi connectivity index (χ1n) is 14.1. The average Bonchev–Trinajstić information content (AvgIpc) is 2.97. The van der Waals surface area contributed by atoms with Crippen molar-refractivity contribution in [1.29, 1.82) is 0 Å². The van der Waals surface area contributed by atoms with Crippen molar-refractivity contribution in [2.24, 2.45) is 10.8 Å². The van der Waals surface area contributed by atoms with Crippen LogP contribution in [0, 0.1) is 10.8 Å². The smallest absolute Gasteiger partial charge is 0.315 e. The fraction of sp³-hybridized carbons (Fsp3) is 0.375. The van der Waals surface area contributed by atoms with E-state index in [4.69, 9.17) is 14.6 Å². The van der Waals surface area contributed by atoms with Crippen LogP contribution in [0.4, 0.5) is 17.1 Å². The van der Waals surface area contributed by atoms with E-state index in [1.807, 2.05) is 37.2 Å². The maximum Gasteiger partial charge on any atom is 0.315 e. The highest BCUT2D eigenvalue weighted by Crippen LogP contribution is 2.31. The van der Waals surface area contributed by atoms with E-state index in [0.717, 1.165) is 11.1 Å². The second-order valence-corrected chi connectivity index (χ2v) is 13.7. The van der Waals surface area contributed by atoms with Gasteiger partial charge in [-0.1, -0.05) is 24.3 Å². The fourth-order valence-electron chi connectivity index (χ4n) is 4.13. The Morgan fingerprint density at radius 3 is 1.98 bits per heavy atom. The van der Waals surface area contributed by atoms with Crippen LogP contribution in [-0.4, -0.2) is 64.6 Å². The third kappa shape index (κ3) is 9.17. The summed E-state index contributed by atoms with van der Waals surface area (Å²) in [7, 11) is -0.162. The van der Waals surface area contributed by atoms with Gasteiger partial charge in [-0.15, -0.1) is 0 Å². The maximum atomic E-state index is 13.3. The lowest BCUT2D eigenvalue weighted by molar-refractivity contribution is -0.165. The minimum Gasteiger partial charge on any atom is -0.481 e. The summed E-state index contributed by atoms with van der Waals surface area (Å²) in [5, 5.41) is 12.8. The first-order valence-corrected chi connectivity index (χ1v) is 15.6. The predicted octanol–water partition coefficient (Wildman–Crippen LogP) is 4.65. The molecule has 0 saturated heterocycles. The van der Waals surface area contributed by atoms with Crippen LogP contribution < -0.4 is 14.9 Å². The highest BCUT2D eigenvalue weighted by molar-refractivity contribution is 7.93. The van der Waals surface area contributed by atoms with Crippen molar-refractivity contribution in [3.63, 3.8) is 0 Å². The molecule has 0 aliphatic heterocycles. The molecular formula is C32H39N3O9S. The molecule has 0 fully saturated rings. The van der Waals surface area contributed by atoms with Crippen molar-refractivity contribution in [2.45, 2.75) is 45.4 Å². The van der Waals surface area contributed by atoms with Crippen molar-refractivity contribution < 1.29 is 42.2 Å². The topological polar surface area (TPSA) is 168 Å². The molecule has 12 nitrogen and oxygen atoms in total. The van der Waals surface area contributed by atoms with Crippen LogP contribution in [0.5, 0.6) is 0 Å². The van der Waals surface area contributed by atoms with E-state index in [1.54, 1.807) is 44.2 Å². The third-order valence-electron chi connectivity index (χ3n) is 6.89. The molecule has 0 heterocycles. The van der Waals surface area contributed by atoms with Gasteiger partial charge < -0.3 is 24.8 Å². The zero-order chi connectivity index (χ0) is 33.6. The molecule has 0 aliphatic carbocycles. The minimum atomic E-state index is -3.94. The molecule has 1 amide bonds. The zero-order valence-electron chi connectivity index (χ0n) is 26.2. The molecular weight excluding hydrogens is 602 g/mol. The summed E-state index contributed by atoms with van der Waals surface area (Å²) in [5.41, 5.74) is -0.787. The van der Waals surface area contributed by atoms with Crippen LogP contribution in [0.2, 0.25) is 0 Å². The minimum absolute atomic E-state index is 0.136. The number of amides is 1. The largest absolute Gasteiger partial charge is 0.481 e. The van der Waals surface area contributed by atoms with E-state index in [0.29, 0.717) is 16.8 Å². The number of sulfonamides is 1. The van der Waals surface area contributed by atoms with Crippen LogP contribution in [0.25, 0.3) is 10.8 Å². The molecule has 3 aromatic rings. The SMILES string of the molecule is CN(C)c1cccc2c(S(=O)(=O)Nc3ccc(NC(=O)C(C)(C)COC(=O)C(C)(C)COC(=O)CCC(=O)O)cc3)cccc12. The van der Waals surface area contributed by atoms with Crippen LogP contribution in [0.1, 0.15) is 40.5 Å². The Morgan fingerprint density at radius 2 is 1.36 bits per heavy atom. The summed E-state index contributed by atoms with van der Waals surface area (Å²) in [6, 6.07) is 16.7. The lowest BCUT2D eigenvalue weighted by Gasteiger charge is -2.27. The van der Waals surface area contributed by atoms with Gasteiger partial charge in [-0.3, -0.25) is 23.9 Å². The summed E-state index contributed by atoms with van der Waals surface area (Å²) < 4.78 is 39.6. The highest BCUT2D eigenvalue weighted by Gasteiger charge is 2.35. The second kappa shape index (κ2) is 14.0. The Kier molecular flexibility index (Phi) is 10.8. The number of carboxylic acid groups (broad SMARTS) is 1. The predicted molar refractivity (Wildman–Crippen MR) is 171 cm³/mol. The Balaban J connectivity index is 1.60. The van der Waals surface area contributed by atoms with Crippen molar-refractivity contribution in [2.75, 3.05) is 42.2 Å². The van der Waals surface area contributed by atoms with Gasteiger partial charge in [-0.2, -0.15) is 0 Å². The summed E-state index contributed by atoms with van der Waals surface area (Å²) in [5.74, 6) is -3.03. The molecule has 0 radical (unpaired) electrons. The molecule has 3 rings (SSSR count). The van der Waals surface area contributed by atoms with Gasteiger partial charge in [0.05, 0.1) is 28.6 Å².